The van der Waals surface area contributed by atoms with Crippen LogP contribution in [0.4, 0.5) is 0 Å². The van der Waals surface area contributed by atoms with Gasteiger partial charge in [-0.2, -0.15) is 0 Å². The molecule has 1 rings (SSSR count). The Morgan fingerprint density at radius 2 is 2.30 bits per heavy atom. The molecule has 57 valence electrons. The monoisotopic (exact) mass is 160 g/mol. The zero-order valence-electron chi connectivity index (χ0n) is 5.66. The summed E-state index contributed by atoms with van der Waals surface area (Å²) in [6.07, 6.45) is 2.10. The van der Waals surface area contributed by atoms with Crippen LogP contribution in [0.15, 0.2) is 12.7 Å². The lowest BCUT2D eigenvalue weighted by Gasteiger charge is -2.24. The van der Waals surface area contributed by atoms with E-state index < -0.39 is 15.2 Å². The molecule has 1 fully saturated rings. The molecule has 1 aliphatic heterocycles. The van der Waals surface area contributed by atoms with Crippen LogP contribution < -0.4 is 5.32 Å². The van der Waals surface area contributed by atoms with Gasteiger partial charge >= 0.3 is 0 Å². The van der Waals surface area contributed by atoms with E-state index in [9.17, 15) is 8.42 Å². The normalized spacial score (nSPS) is 25.4. The molecular formula is C6H10NO2S. The van der Waals surface area contributed by atoms with E-state index >= 15 is 0 Å². The predicted molar refractivity (Wildman–Crippen MR) is 39.4 cm³/mol. The highest BCUT2D eigenvalue weighted by Gasteiger charge is 2.30. The quantitative estimate of drug-likeness (QED) is 0.542. The Labute approximate surface area is 61.0 Å². The zero-order chi connectivity index (χ0) is 7.61. The van der Waals surface area contributed by atoms with Crippen LogP contribution in [0.3, 0.4) is 0 Å². The second-order valence-electron chi connectivity index (χ2n) is 2.27. The van der Waals surface area contributed by atoms with Crippen molar-refractivity contribution < 1.29 is 8.42 Å². The van der Waals surface area contributed by atoms with Crippen molar-refractivity contribution in [2.75, 3.05) is 12.3 Å². The van der Waals surface area contributed by atoms with Crippen molar-refractivity contribution in [1.82, 2.24) is 5.32 Å². The predicted octanol–water partition coefficient (Wildman–Crippen LogP) is -0.0786. The van der Waals surface area contributed by atoms with Crippen molar-refractivity contribution in [1.29, 1.82) is 0 Å². The van der Waals surface area contributed by atoms with Crippen molar-refractivity contribution in [3.05, 3.63) is 12.7 Å². The molecule has 0 N–H and O–H groups in total. The molecule has 0 amide bonds. The molecule has 1 heterocycles. The van der Waals surface area contributed by atoms with Crippen LogP contribution in [0.25, 0.3) is 0 Å². The van der Waals surface area contributed by atoms with E-state index in [0.717, 1.165) is 0 Å². The van der Waals surface area contributed by atoms with Crippen molar-refractivity contribution in [2.45, 2.75) is 11.8 Å². The third-order valence-electron chi connectivity index (χ3n) is 1.47. The molecule has 0 spiro atoms. The lowest BCUT2D eigenvalue weighted by Crippen LogP contribution is -2.43. The maximum atomic E-state index is 11.0. The van der Waals surface area contributed by atoms with E-state index in [4.69, 9.17) is 0 Å². The van der Waals surface area contributed by atoms with Crippen LogP contribution in [0.2, 0.25) is 0 Å². The topological polar surface area (TPSA) is 48.2 Å². The molecule has 0 aliphatic carbocycles. The van der Waals surface area contributed by atoms with Crippen LogP contribution in [0.1, 0.15) is 6.42 Å². The van der Waals surface area contributed by atoms with Crippen molar-refractivity contribution in [3.63, 3.8) is 0 Å². The zero-order valence-corrected chi connectivity index (χ0v) is 6.47. The second-order valence-corrected chi connectivity index (χ2v) is 4.47. The van der Waals surface area contributed by atoms with Crippen LogP contribution in [-0.4, -0.2) is 26.1 Å². The number of rotatable bonds is 3. The minimum absolute atomic E-state index is 0.0567. The number of sulfone groups is 1. The number of hydrogen-bond acceptors (Lipinski definition) is 2. The lowest BCUT2D eigenvalue weighted by atomic mass is 10.3. The van der Waals surface area contributed by atoms with Crippen LogP contribution in [-0.2, 0) is 9.84 Å². The minimum Gasteiger partial charge on any atom is -0.227 e. The summed E-state index contributed by atoms with van der Waals surface area (Å²) in [4.78, 5) is 0. The van der Waals surface area contributed by atoms with Crippen molar-refractivity contribution in [3.8, 4) is 0 Å². The highest BCUT2D eigenvalue weighted by atomic mass is 32.2. The molecule has 0 saturated carbocycles. The Morgan fingerprint density at radius 1 is 1.70 bits per heavy atom. The fourth-order valence-corrected chi connectivity index (χ4v) is 2.15. The Hall–Kier alpha value is -0.350. The Morgan fingerprint density at radius 3 is 2.60 bits per heavy atom. The van der Waals surface area contributed by atoms with Gasteiger partial charge in [-0.05, 0) is 6.42 Å². The molecule has 0 aromatic heterocycles. The Bertz CT molecular complexity index is 216. The van der Waals surface area contributed by atoms with Gasteiger partial charge in [0.1, 0.15) is 5.37 Å². The molecule has 1 aliphatic rings. The molecule has 10 heavy (non-hydrogen) atoms. The standard InChI is InChI=1S/C6H10NO2S/c1-2-5-10(8,9)6-3-4-7-6/h2,6H,1,3-5H2. The molecule has 4 heteroatoms. The SMILES string of the molecule is C=CCS(=O)(=O)C1CC[N]1. The van der Waals surface area contributed by atoms with E-state index in [1.54, 1.807) is 0 Å². The lowest BCUT2D eigenvalue weighted by molar-refractivity contribution is 0.440. The van der Waals surface area contributed by atoms with Gasteiger partial charge in [0.05, 0.1) is 5.75 Å². The highest BCUT2D eigenvalue weighted by Crippen LogP contribution is 2.12. The molecule has 1 radical (unpaired) electrons. The van der Waals surface area contributed by atoms with Crippen molar-refractivity contribution in [2.24, 2.45) is 0 Å². The van der Waals surface area contributed by atoms with E-state index in [1.165, 1.54) is 6.08 Å². The Kier molecular flexibility index (Phi) is 2.11. The van der Waals surface area contributed by atoms with Gasteiger partial charge in [-0.25, -0.2) is 13.7 Å². The third kappa shape index (κ3) is 1.38. The molecule has 1 unspecified atom stereocenters. The summed E-state index contributed by atoms with van der Waals surface area (Å²) >= 11 is 0. The Balaban J connectivity index is 2.58. The van der Waals surface area contributed by atoms with Crippen molar-refractivity contribution >= 4 is 9.84 Å². The van der Waals surface area contributed by atoms with E-state index in [1.807, 2.05) is 0 Å². The van der Waals surface area contributed by atoms with E-state index in [-0.39, 0.29) is 5.75 Å². The summed E-state index contributed by atoms with van der Waals surface area (Å²) in [6, 6.07) is 0. The van der Waals surface area contributed by atoms with E-state index in [2.05, 4.69) is 11.9 Å². The van der Waals surface area contributed by atoms with Crippen LogP contribution in [0, 0.1) is 0 Å². The molecule has 1 saturated heterocycles. The summed E-state index contributed by atoms with van der Waals surface area (Å²) in [7, 11) is -2.96. The minimum atomic E-state index is -2.96. The molecular weight excluding hydrogens is 150 g/mol. The average molecular weight is 160 g/mol. The first-order valence-corrected chi connectivity index (χ1v) is 4.87. The van der Waals surface area contributed by atoms with Gasteiger partial charge in [-0.15, -0.1) is 6.58 Å². The van der Waals surface area contributed by atoms with Crippen LogP contribution in [0.5, 0.6) is 0 Å². The number of hydrogen-bond donors (Lipinski definition) is 0. The van der Waals surface area contributed by atoms with E-state index in [0.29, 0.717) is 13.0 Å². The molecule has 0 aromatic carbocycles. The fraction of sp³-hybridized carbons (Fsp3) is 0.667. The molecule has 3 nitrogen and oxygen atoms in total. The summed E-state index contributed by atoms with van der Waals surface area (Å²) < 4.78 is 22.1. The fourth-order valence-electron chi connectivity index (χ4n) is 0.803. The van der Waals surface area contributed by atoms with Gasteiger partial charge in [-0.3, -0.25) is 0 Å². The van der Waals surface area contributed by atoms with Gasteiger partial charge < -0.3 is 0 Å². The van der Waals surface area contributed by atoms with Gasteiger partial charge in [0.2, 0.25) is 0 Å². The molecule has 0 aromatic rings. The average Bonchev–Trinajstić information content (AvgIpc) is 1.56. The van der Waals surface area contributed by atoms with Gasteiger partial charge in [-0.1, -0.05) is 6.08 Å². The summed E-state index contributed by atoms with van der Waals surface area (Å²) in [5, 5.41) is 3.40. The smallest absolute Gasteiger partial charge is 0.171 e. The van der Waals surface area contributed by atoms with Gasteiger partial charge in [0, 0.05) is 6.54 Å². The van der Waals surface area contributed by atoms with Crippen LogP contribution >= 0.6 is 0 Å². The summed E-state index contributed by atoms with van der Waals surface area (Å²) in [5.41, 5.74) is 0. The first-order chi connectivity index (χ1) is 4.67. The molecule has 1 atom stereocenters. The second kappa shape index (κ2) is 2.72. The van der Waals surface area contributed by atoms with Gasteiger partial charge in [0.15, 0.2) is 9.84 Å². The number of nitrogens with zero attached hydrogens (tertiary/aromatic N) is 1. The highest BCUT2D eigenvalue weighted by molar-refractivity contribution is 7.92. The maximum Gasteiger partial charge on any atom is 0.171 e. The first-order valence-electron chi connectivity index (χ1n) is 3.16. The maximum absolute atomic E-state index is 11.0. The van der Waals surface area contributed by atoms with Gasteiger partial charge in [0.25, 0.3) is 0 Å². The summed E-state index contributed by atoms with van der Waals surface area (Å²) in [5.74, 6) is 0.0567. The third-order valence-corrected chi connectivity index (χ3v) is 3.39. The first kappa shape index (κ1) is 7.75. The molecule has 0 bridgehead atoms. The largest absolute Gasteiger partial charge is 0.227 e. The summed E-state index contributed by atoms with van der Waals surface area (Å²) in [6.45, 7) is 4.06.